The molecular formula is C14H18ClIN4O. The van der Waals surface area contributed by atoms with Gasteiger partial charge in [-0.2, -0.15) is 10.2 Å². The zero-order chi connectivity index (χ0) is 15.7. The van der Waals surface area contributed by atoms with Gasteiger partial charge < -0.3 is 0 Å². The van der Waals surface area contributed by atoms with E-state index < -0.39 is 0 Å². The van der Waals surface area contributed by atoms with Gasteiger partial charge in [0, 0.05) is 18.7 Å². The molecule has 0 N–H and O–H groups in total. The lowest BCUT2D eigenvalue weighted by Crippen LogP contribution is -2.15. The number of halogens is 2. The van der Waals surface area contributed by atoms with Crippen LogP contribution in [0.15, 0.2) is 0 Å². The smallest absolute Gasteiger partial charge is 0.247 e. The van der Waals surface area contributed by atoms with E-state index in [2.05, 4.69) is 32.8 Å². The minimum absolute atomic E-state index is 0.0290. The van der Waals surface area contributed by atoms with Crippen molar-refractivity contribution in [3.63, 3.8) is 0 Å². The Hall–Kier alpha value is -0.890. The predicted molar refractivity (Wildman–Crippen MR) is 91.0 cm³/mol. The minimum Gasteiger partial charge on any atom is -0.273 e. The Kier molecular flexibility index (Phi) is 5.08. The van der Waals surface area contributed by atoms with E-state index >= 15 is 0 Å². The number of hydrogen-bond acceptors (Lipinski definition) is 3. The average molecular weight is 421 g/mol. The van der Waals surface area contributed by atoms with Gasteiger partial charge in [0.25, 0.3) is 0 Å². The van der Waals surface area contributed by atoms with Crippen LogP contribution in [0.1, 0.15) is 40.4 Å². The molecule has 0 aliphatic rings. The van der Waals surface area contributed by atoms with Crippen LogP contribution in [0, 0.1) is 31.3 Å². The number of carbonyl (C=O) groups is 1. The summed E-state index contributed by atoms with van der Waals surface area (Å²) in [5.74, 6) is -0.0290. The number of rotatable bonds is 4. The van der Waals surface area contributed by atoms with E-state index in [4.69, 9.17) is 11.6 Å². The summed E-state index contributed by atoms with van der Waals surface area (Å²) in [4.78, 5) is 12.2. The molecule has 0 saturated heterocycles. The fraction of sp³-hybridized carbons (Fsp3) is 0.500. The highest BCUT2D eigenvalue weighted by Gasteiger charge is 2.15. The molecule has 114 valence electrons. The predicted octanol–water partition coefficient (Wildman–Crippen LogP) is 3.69. The number of carbonyl (C=O) groups excluding carboxylic acids is 1. The van der Waals surface area contributed by atoms with Crippen LogP contribution in [0.2, 0.25) is 5.02 Å². The van der Waals surface area contributed by atoms with E-state index in [9.17, 15) is 4.79 Å². The Morgan fingerprint density at radius 2 is 1.81 bits per heavy atom. The van der Waals surface area contributed by atoms with Crippen LogP contribution in [0.4, 0.5) is 0 Å². The SMILES string of the molecule is Cc1nn(C(=O)CCCn2nc(C)c(I)c2C)c(C)c1Cl. The van der Waals surface area contributed by atoms with E-state index in [1.807, 2.05) is 25.5 Å². The molecule has 0 aliphatic heterocycles. The van der Waals surface area contributed by atoms with Crippen LogP contribution in [0.25, 0.3) is 0 Å². The Morgan fingerprint density at radius 3 is 2.29 bits per heavy atom. The van der Waals surface area contributed by atoms with Crippen molar-refractivity contribution in [1.82, 2.24) is 19.6 Å². The van der Waals surface area contributed by atoms with Crippen LogP contribution in [0.5, 0.6) is 0 Å². The summed E-state index contributed by atoms with van der Waals surface area (Å²) >= 11 is 8.36. The molecule has 21 heavy (non-hydrogen) atoms. The highest BCUT2D eigenvalue weighted by atomic mass is 127. The maximum Gasteiger partial charge on any atom is 0.247 e. The van der Waals surface area contributed by atoms with E-state index in [0.29, 0.717) is 22.8 Å². The summed E-state index contributed by atoms with van der Waals surface area (Å²) in [5.41, 5.74) is 3.58. The molecule has 2 rings (SSSR count). The first-order chi connectivity index (χ1) is 9.82. The molecule has 0 radical (unpaired) electrons. The molecule has 0 unspecified atom stereocenters. The molecule has 0 aromatic carbocycles. The number of aryl methyl sites for hydroxylation is 3. The zero-order valence-electron chi connectivity index (χ0n) is 12.6. The fourth-order valence-corrected chi connectivity index (χ4v) is 2.75. The summed E-state index contributed by atoms with van der Waals surface area (Å²) in [7, 11) is 0. The molecule has 0 saturated carbocycles. The summed E-state index contributed by atoms with van der Waals surface area (Å²) in [6.07, 6.45) is 1.15. The normalized spacial score (nSPS) is 11.1. The van der Waals surface area contributed by atoms with Crippen LogP contribution < -0.4 is 0 Å². The molecule has 5 nitrogen and oxygen atoms in total. The molecule has 2 aromatic heterocycles. The summed E-state index contributed by atoms with van der Waals surface area (Å²) < 4.78 is 4.55. The van der Waals surface area contributed by atoms with Crippen molar-refractivity contribution in [1.29, 1.82) is 0 Å². The van der Waals surface area contributed by atoms with Gasteiger partial charge in [-0.1, -0.05) is 11.6 Å². The maximum atomic E-state index is 12.2. The van der Waals surface area contributed by atoms with Crippen molar-refractivity contribution in [2.75, 3.05) is 0 Å². The number of hydrogen-bond donors (Lipinski definition) is 0. The van der Waals surface area contributed by atoms with Crippen molar-refractivity contribution < 1.29 is 4.79 Å². The van der Waals surface area contributed by atoms with Crippen molar-refractivity contribution >= 4 is 40.1 Å². The Bertz CT molecular complexity index is 690. The topological polar surface area (TPSA) is 52.7 Å². The van der Waals surface area contributed by atoms with E-state index in [0.717, 1.165) is 24.4 Å². The first-order valence-electron chi connectivity index (χ1n) is 6.77. The van der Waals surface area contributed by atoms with Crippen LogP contribution >= 0.6 is 34.2 Å². The molecule has 2 heterocycles. The highest BCUT2D eigenvalue weighted by molar-refractivity contribution is 14.1. The third-order valence-electron chi connectivity index (χ3n) is 3.49. The van der Waals surface area contributed by atoms with E-state index in [1.165, 1.54) is 8.25 Å². The monoisotopic (exact) mass is 420 g/mol. The second-order valence-electron chi connectivity index (χ2n) is 5.10. The number of nitrogens with zero attached hydrogens (tertiary/aromatic N) is 4. The van der Waals surface area contributed by atoms with Gasteiger partial charge in [0.15, 0.2) is 0 Å². The lowest BCUT2D eigenvalue weighted by Gasteiger charge is -2.05. The standard InChI is InChI=1S/C14H18ClIN4O/c1-8-13(15)10(3)20(18-8)12(21)6-5-7-19-11(4)14(16)9(2)17-19/h5-7H2,1-4H3. The molecular weight excluding hydrogens is 403 g/mol. The average Bonchev–Trinajstić information content (AvgIpc) is 2.84. The quantitative estimate of drug-likeness (QED) is 0.709. The van der Waals surface area contributed by atoms with Crippen molar-refractivity contribution in [3.05, 3.63) is 31.4 Å². The zero-order valence-corrected chi connectivity index (χ0v) is 15.5. The lowest BCUT2D eigenvalue weighted by molar-refractivity contribution is 0.0879. The molecule has 0 spiro atoms. The molecule has 0 aliphatic carbocycles. The second kappa shape index (κ2) is 6.48. The van der Waals surface area contributed by atoms with Crippen LogP contribution in [-0.2, 0) is 6.54 Å². The highest BCUT2D eigenvalue weighted by Crippen LogP contribution is 2.19. The molecule has 0 amide bonds. The van der Waals surface area contributed by atoms with Gasteiger partial charge in [-0.25, -0.2) is 4.68 Å². The molecule has 0 bridgehead atoms. The van der Waals surface area contributed by atoms with Gasteiger partial charge in [0.05, 0.1) is 25.7 Å². The molecule has 2 aromatic rings. The van der Waals surface area contributed by atoms with Crippen LogP contribution in [0.3, 0.4) is 0 Å². The third-order valence-corrected chi connectivity index (χ3v) is 5.60. The lowest BCUT2D eigenvalue weighted by atomic mass is 10.3. The largest absolute Gasteiger partial charge is 0.273 e. The van der Waals surface area contributed by atoms with Gasteiger partial charge >= 0.3 is 0 Å². The minimum atomic E-state index is -0.0290. The molecule has 0 atom stereocenters. The van der Waals surface area contributed by atoms with Crippen molar-refractivity contribution in [2.45, 2.75) is 47.1 Å². The van der Waals surface area contributed by atoms with Gasteiger partial charge in [0.2, 0.25) is 5.91 Å². The van der Waals surface area contributed by atoms with E-state index in [-0.39, 0.29) is 5.91 Å². The van der Waals surface area contributed by atoms with Gasteiger partial charge in [0.1, 0.15) is 0 Å². The number of aromatic nitrogens is 4. The summed E-state index contributed by atoms with van der Waals surface area (Å²) in [5, 5.41) is 9.22. The molecule has 7 heteroatoms. The van der Waals surface area contributed by atoms with E-state index in [1.54, 1.807) is 6.92 Å². The first-order valence-corrected chi connectivity index (χ1v) is 8.23. The Labute approximate surface area is 142 Å². The van der Waals surface area contributed by atoms with Gasteiger partial charge in [-0.3, -0.25) is 9.48 Å². The maximum absolute atomic E-state index is 12.2. The summed E-state index contributed by atoms with van der Waals surface area (Å²) in [6, 6.07) is 0. The first kappa shape index (κ1) is 16.5. The Balaban J connectivity index is 1.98. The Morgan fingerprint density at radius 1 is 1.14 bits per heavy atom. The fourth-order valence-electron chi connectivity index (χ4n) is 2.25. The molecule has 0 fully saturated rings. The third kappa shape index (κ3) is 3.31. The summed E-state index contributed by atoms with van der Waals surface area (Å²) in [6.45, 7) is 8.38. The van der Waals surface area contributed by atoms with Gasteiger partial charge in [-0.15, -0.1) is 0 Å². The van der Waals surface area contributed by atoms with Gasteiger partial charge in [-0.05, 0) is 56.7 Å². The second-order valence-corrected chi connectivity index (χ2v) is 6.56. The van der Waals surface area contributed by atoms with Crippen LogP contribution in [-0.4, -0.2) is 25.5 Å². The van der Waals surface area contributed by atoms with Crippen molar-refractivity contribution in [2.24, 2.45) is 0 Å². The van der Waals surface area contributed by atoms with Crippen molar-refractivity contribution in [3.8, 4) is 0 Å².